The second kappa shape index (κ2) is 10.1. The Balaban J connectivity index is 0.000000429. The number of methoxy groups -OCH3 is 1. The molecule has 0 spiro atoms. The Hall–Kier alpha value is -4.69. The van der Waals surface area contributed by atoms with Gasteiger partial charge in [-0.05, 0) is 30.3 Å². The van der Waals surface area contributed by atoms with E-state index in [1.54, 1.807) is 24.3 Å². The summed E-state index contributed by atoms with van der Waals surface area (Å²) in [6.07, 6.45) is -4.13. The Morgan fingerprint density at radius 2 is 1.89 bits per heavy atom. The standard InChI is InChI=1S/C18H13F2N5O3.C2HF3O2/c1-27-14-4-2-3-11(15(14)20)23-17-21-8-10(19)16(25-17)22-9-5-6-13-12(7-9)24-18(26)28-13;3-2(4,5)1(6)7/h2-8H,1H3,(H,24,26)(H2,21,22,23,25);(H,6,7). The zero-order valence-electron chi connectivity index (χ0n) is 17.4. The molecule has 15 heteroatoms. The highest BCUT2D eigenvalue weighted by Crippen LogP contribution is 2.27. The van der Waals surface area contributed by atoms with Crippen molar-refractivity contribution in [1.82, 2.24) is 15.0 Å². The summed E-state index contributed by atoms with van der Waals surface area (Å²) in [5, 5.41) is 12.6. The number of H-pyrrole nitrogens is 1. The number of fused-ring (bicyclic) bond motifs is 1. The van der Waals surface area contributed by atoms with E-state index in [1.165, 1.54) is 19.2 Å². The quantitative estimate of drug-likeness (QED) is 0.295. The number of anilines is 4. The third-order valence-corrected chi connectivity index (χ3v) is 4.10. The van der Waals surface area contributed by atoms with Crippen molar-refractivity contribution in [2.75, 3.05) is 17.7 Å². The third kappa shape index (κ3) is 6.21. The molecule has 2 aromatic carbocycles. The molecule has 184 valence electrons. The molecule has 0 amide bonds. The number of nitrogens with zero attached hydrogens (tertiary/aromatic N) is 2. The molecular weight excluding hydrogens is 485 g/mol. The highest BCUT2D eigenvalue weighted by molar-refractivity contribution is 5.78. The molecule has 0 aliphatic carbocycles. The van der Waals surface area contributed by atoms with Crippen molar-refractivity contribution in [3.05, 3.63) is 64.8 Å². The summed E-state index contributed by atoms with van der Waals surface area (Å²) in [6, 6.07) is 9.25. The molecule has 0 unspecified atom stereocenters. The molecule has 35 heavy (non-hydrogen) atoms. The van der Waals surface area contributed by atoms with Gasteiger partial charge in [-0.3, -0.25) is 4.98 Å². The predicted molar refractivity (Wildman–Crippen MR) is 112 cm³/mol. The van der Waals surface area contributed by atoms with Crippen LogP contribution in [0.25, 0.3) is 11.1 Å². The average molecular weight is 499 g/mol. The minimum absolute atomic E-state index is 0.0196. The number of hydrogen-bond donors (Lipinski definition) is 4. The van der Waals surface area contributed by atoms with Gasteiger partial charge < -0.3 is 24.9 Å². The Kier molecular flexibility index (Phi) is 7.17. The van der Waals surface area contributed by atoms with E-state index in [0.717, 1.165) is 6.20 Å². The number of aromatic nitrogens is 3. The number of carbonyl (C=O) groups is 1. The number of aliphatic carboxylic acids is 1. The topological polar surface area (TPSA) is 142 Å². The lowest BCUT2D eigenvalue weighted by molar-refractivity contribution is -0.192. The lowest BCUT2D eigenvalue weighted by Gasteiger charge is -2.11. The van der Waals surface area contributed by atoms with E-state index in [9.17, 15) is 26.7 Å². The fourth-order valence-corrected chi connectivity index (χ4v) is 2.57. The van der Waals surface area contributed by atoms with Gasteiger partial charge in [0.2, 0.25) is 5.95 Å². The summed E-state index contributed by atoms with van der Waals surface area (Å²) in [5.74, 6) is -4.79. The number of nitrogens with one attached hydrogen (secondary N) is 3. The zero-order chi connectivity index (χ0) is 25.8. The van der Waals surface area contributed by atoms with Gasteiger partial charge in [-0.1, -0.05) is 6.07 Å². The Morgan fingerprint density at radius 3 is 2.54 bits per heavy atom. The summed E-state index contributed by atoms with van der Waals surface area (Å²) < 4.78 is 70.0. The number of ether oxygens (including phenoxy) is 1. The van der Waals surface area contributed by atoms with E-state index >= 15 is 0 Å². The molecule has 2 aromatic heterocycles. The van der Waals surface area contributed by atoms with E-state index in [1.807, 2.05) is 0 Å². The van der Waals surface area contributed by atoms with Crippen molar-refractivity contribution >= 4 is 40.2 Å². The highest BCUT2D eigenvalue weighted by Gasteiger charge is 2.38. The number of hydrogen-bond acceptors (Lipinski definition) is 8. The minimum atomic E-state index is -5.08. The summed E-state index contributed by atoms with van der Waals surface area (Å²) in [6.45, 7) is 0. The molecular formula is C20H14F5N5O5. The van der Waals surface area contributed by atoms with Crippen LogP contribution in [0.2, 0.25) is 0 Å². The fraction of sp³-hybridized carbons (Fsp3) is 0.100. The first-order chi connectivity index (χ1) is 16.5. The van der Waals surface area contributed by atoms with E-state index in [-0.39, 0.29) is 23.2 Å². The van der Waals surface area contributed by atoms with Gasteiger partial charge in [0.25, 0.3) is 0 Å². The van der Waals surface area contributed by atoms with Crippen molar-refractivity contribution in [2.45, 2.75) is 6.18 Å². The van der Waals surface area contributed by atoms with Gasteiger partial charge in [0.1, 0.15) is 0 Å². The van der Waals surface area contributed by atoms with Gasteiger partial charge in [-0.25, -0.2) is 23.4 Å². The van der Waals surface area contributed by atoms with Crippen molar-refractivity contribution in [3.8, 4) is 5.75 Å². The maximum absolute atomic E-state index is 14.3. The molecule has 0 saturated carbocycles. The Bertz CT molecular complexity index is 1420. The minimum Gasteiger partial charge on any atom is -0.494 e. The van der Waals surface area contributed by atoms with Gasteiger partial charge in [0.15, 0.2) is 28.8 Å². The maximum Gasteiger partial charge on any atom is 0.490 e. The van der Waals surface area contributed by atoms with Crippen LogP contribution < -0.4 is 21.1 Å². The number of alkyl halides is 3. The third-order valence-electron chi connectivity index (χ3n) is 4.10. The number of halogens is 5. The predicted octanol–water partition coefficient (Wildman–Crippen LogP) is 4.32. The van der Waals surface area contributed by atoms with Crippen LogP contribution in [0.3, 0.4) is 0 Å². The number of carboxylic acids is 1. The number of aromatic amines is 1. The normalized spacial score (nSPS) is 10.9. The molecule has 4 aromatic rings. The molecule has 2 heterocycles. The number of rotatable bonds is 5. The molecule has 4 rings (SSSR count). The number of carboxylic acid groups (broad SMARTS) is 1. The first-order valence-electron chi connectivity index (χ1n) is 9.30. The molecule has 0 radical (unpaired) electrons. The Morgan fingerprint density at radius 1 is 1.17 bits per heavy atom. The molecule has 0 fully saturated rings. The van der Waals surface area contributed by atoms with Crippen molar-refractivity contribution in [2.24, 2.45) is 0 Å². The van der Waals surface area contributed by atoms with Crippen LogP contribution in [0, 0.1) is 11.6 Å². The van der Waals surface area contributed by atoms with Crippen LogP contribution >= 0.6 is 0 Å². The number of benzene rings is 2. The van der Waals surface area contributed by atoms with Crippen LogP contribution in [0.4, 0.5) is 45.1 Å². The monoisotopic (exact) mass is 499 g/mol. The molecule has 0 saturated heterocycles. The van der Waals surface area contributed by atoms with E-state index in [2.05, 4.69) is 25.6 Å². The van der Waals surface area contributed by atoms with Crippen molar-refractivity contribution < 1.29 is 41.0 Å². The molecule has 10 nitrogen and oxygen atoms in total. The van der Waals surface area contributed by atoms with Gasteiger partial charge >= 0.3 is 17.9 Å². The summed E-state index contributed by atoms with van der Waals surface area (Å²) in [7, 11) is 1.35. The summed E-state index contributed by atoms with van der Waals surface area (Å²) in [5.41, 5.74) is 1.35. The van der Waals surface area contributed by atoms with Gasteiger partial charge in [0, 0.05) is 5.69 Å². The summed E-state index contributed by atoms with van der Waals surface area (Å²) >= 11 is 0. The van der Waals surface area contributed by atoms with Crippen molar-refractivity contribution in [1.29, 1.82) is 0 Å². The lowest BCUT2D eigenvalue weighted by Crippen LogP contribution is -2.21. The number of oxazole rings is 1. The van der Waals surface area contributed by atoms with Crippen LogP contribution in [0.15, 0.2) is 51.8 Å². The van der Waals surface area contributed by atoms with E-state index in [4.69, 9.17) is 19.1 Å². The second-order valence-electron chi connectivity index (χ2n) is 6.49. The van der Waals surface area contributed by atoms with E-state index < -0.39 is 29.5 Å². The van der Waals surface area contributed by atoms with Crippen LogP contribution in [-0.4, -0.2) is 39.3 Å². The first-order valence-corrected chi connectivity index (χ1v) is 9.30. The maximum atomic E-state index is 14.3. The zero-order valence-corrected chi connectivity index (χ0v) is 17.4. The molecule has 0 bridgehead atoms. The van der Waals surface area contributed by atoms with Gasteiger partial charge in [-0.2, -0.15) is 18.2 Å². The largest absolute Gasteiger partial charge is 0.494 e. The van der Waals surface area contributed by atoms with Gasteiger partial charge in [-0.15, -0.1) is 0 Å². The molecule has 0 atom stereocenters. The highest BCUT2D eigenvalue weighted by atomic mass is 19.4. The molecule has 0 aliphatic heterocycles. The average Bonchev–Trinajstić information content (AvgIpc) is 3.16. The first kappa shape index (κ1) is 24.9. The van der Waals surface area contributed by atoms with Crippen LogP contribution in [0.5, 0.6) is 5.75 Å². The fourth-order valence-electron chi connectivity index (χ4n) is 2.57. The SMILES string of the molecule is COc1cccc(Nc2ncc(F)c(Nc3ccc4oc(=O)[nH]c4c3)n2)c1F.O=C(O)C(F)(F)F. The van der Waals surface area contributed by atoms with Crippen LogP contribution in [-0.2, 0) is 4.79 Å². The lowest BCUT2D eigenvalue weighted by atomic mass is 10.3. The summed E-state index contributed by atoms with van der Waals surface area (Å²) in [4.78, 5) is 30.5. The van der Waals surface area contributed by atoms with Crippen molar-refractivity contribution in [3.63, 3.8) is 0 Å². The van der Waals surface area contributed by atoms with Crippen LogP contribution in [0.1, 0.15) is 0 Å². The van der Waals surface area contributed by atoms with E-state index in [0.29, 0.717) is 16.8 Å². The Labute approximate surface area is 191 Å². The second-order valence-corrected chi connectivity index (χ2v) is 6.49. The van der Waals surface area contributed by atoms with Gasteiger partial charge in [0.05, 0.1) is 24.5 Å². The smallest absolute Gasteiger partial charge is 0.490 e. The molecule has 0 aliphatic rings. The molecule has 4 N–H and O–H groups in total.